The molecule has 3 rings (SSSR count). The molecule has 5 nitrogen and oxygen atoms in total. The van der Waals surface area contributed by atoms with E-state index in [1.165, 1.54) is 11.8 Å². The Kier molecular flexibility index (Phi) is 6.25. The average molecular weight is 374 g/mol. The Morgan fingerprint density at radius 3 is 2.80 bits per heavy atom. The van der Waals surface area contributed by atoms with Gasteiger partial charge in [-0.2, -0.15) is 0 Å². The van der Waals surface area contributed by atoms with Gasteiger partial charge in [0.1, 0.15) is 0 Å². The monoisotopic (exact) mass is 373 g/mol. The lowest BCUT2D eigenvalue weighted by Gasteiger charge is -2.18. The highest BCUT2D eigenvalue weighted by atomic mass is 32.2. The Morgan fingerprint density at radius 1 is 1.24 bits per heavy atom. The van der Waals surface area contributed by atoms with Crippen molar-refractivity contribution in [3.63, 3.8) is 0 Å². The molecule has 3 aromatic rings. The number of amides is 1. The third-order valence-electron chi connectivity index (χ3n) is 3.58. The Bertz CT molecular complexity index is 788. The van der Waals surface area contributed by atoms with Gasteiger partial charge in [-0.1, -0.05) is 61.5 Å². The molecule has 1 atom stereocenters. The van der Waals surface area contributed by atoms with Gasteiger partial charge in [0.25, 0.3) is 11.1 Å². The molecule has 2 heterocycles. The van der Waals surface area contributed by atoms with Gasteiger partial charge in [-0.15, -0.1) is 21.5 Å². The predicted molar refractivity (Wildman–Crippen MR) is 101 cm³/mol. The first-order chi connectivity index (χ1) is 12.3. The van der Waals surface area contributed by atoms with Crippen LogP contribution in [0.5, 0.6) is 0 Å². The van der Waals surface area contributed by atoms with E-state index in [9.17, 15) is 4.79 Å². The lowest BCUT2D eigenvalue weighted by molar-refractivity contribution is -0.119. The second-order valence-electron chi connectivity index (χ2n) is 5.46. The van der Waals surface area contributed by atoms with Crippen LogP contribution in [0.3, 0.4) is 0 Å². The number of hydrogen-bond donors (Lipinski definition) is 1. The molecule has 1 amide bonds. The second-order valence-corrected chi connectivity index (χ2v) is 7.33. The fourth-order valence-corrected chi connectivity index (χ4v) is 3.65. The van der Waals surface area contributed by atoms with Crippen LogP contribution >= 0.6 is 23.1 Å². The van der Waals surface area contributed by atoms with Gasteiger partial charge in [0.05, 0.1) is 16.7 Å². The van der Waals surface area contributed by atoms with Crippen molar-refractivity contribution in [3.05, 3.63) is 53.4 Å². The maximum atomic E-state index is 12.3. The molecule has 25 heavy (non-hydrogen) atoms. The van der Waals surface area contributed by atoms with Crippen molar-refractivity contribution in [3.8, 4) is 10.8 Å². The number of hydrogen-bond acceptors (Lipinski definition) is 6. The van der Waals surface area contributed by atoms with Crippen molar-refractivity contribution in [2.24, 2.45) is 0 Å². The number of nitrogens with zero attached hydrogens (tertiary/aromatic N) is 2. The Hall–Kier alpha value is -2.12. The second kappa shape index (κ2) is 8.82. The van der Waals surface area contributed by atoms with Crippen LogP contribution in [0.15, 0.2) is 57.5 Å². The lowest BCUT2D eigenvalue weighted by atomic mass is 10.0. The topological polar surface area (TPSA) is 68.0 Å². The Morgan fingerprint density at radius 2 is 2.08 bits per heavy atom. The van der Waals surface area contributed by atoms with Gasteiger partial charge in [-0.05, 0) is 23.4 Å². The van der Waals surface area contributed by atoms with Gasteiger partial charge in [-0.3, -0.25) is 4.79 Å². The summed E-state index contributed by atoms with van der Waals surface area (Å²) in [5.74, 6) is 0.702. The summed E-state index contributed by atoms with van der Waals surface area (Å²) in [5.41, 5.74) is 1.13. The number of rotatable bonds is 8. The maximum Gasteiger partial charge on any atom is 0.277 e. The van der Waals surface area contributed by atoms with Gasteiger partial charge in [-0.25, -0.2) is 0 Å². The van der Waals surface area contributed by atoms with Crippen LogP contribution in [0.2, 0.25) is 0 Å². The van der Waals surface area contributed by atoms with Gasteiger partial charge < -0.3 is 9.73 Å². The minimum atomic E-state index is -0.0387. The minimum Gasteiger partial charge on any atom is -0.410 e. The molecule has 1 aromatic carbocycles. The van der Waals surface area contributed by atoms with E-state index in [0.29, 0.717) is 11.1 Å². The van der Waals surface area contributed by atoms with E-state index in [4.69, 9.17) is 4.42 Å². The largest absolute Gasteiger partial charge is 0.410 e. The molecule has 2 aromatic heterocycles. The van der Waals surface area contributed by atoms with Gasteiger partial charge in [0, 0.05) is 0 Å². The van der Waals surface area contributed by atoms with E-state index < -0.39 is 0 Å². The zero-order valence-corrected chi connectivity index (χ0v) is 15.5. The molecule has 130 valence electrons. The summed E-state index contributed by atoms with van der Waals surface area (Å²) in [5, 5.41) is 13.5. The number of thioether (sulfide) groups is 1. The van der Waals surface area contributed by atoms with Crippen LogP contribution in [-0.2, 0) is 4.79 Å². The molecular formula is C18H19N3O2S2. The molecule has 0 bridgehead atoms. The van der Waals surface area contributed by atoms with E-state index in [2.05, 4.69) is 22.4 Å². The number of thiophene rings is 1. The summed E-state index contributed by atoms with van der Waals surface area (Å²) in [6, 6.07) is 13.9. The fourth-order valence-electron chi connectivity index (χ4n) is 2.43. The lowest BCUT2D eigenvalue weighted by Crippen LogP contribution is -2.29. The zero-order valence-electron chi connectivity index (χ0n) is 13.8. The maximum absolute atomic E-state index is 12.3. The first-order valence-electron chi connectivity index (χ1n) is 8.10. The van der Waals surface area contributed by atoms with E-state index in [-0.39, 0.29) is 17.7 Å². The van der Waals surface area contributed by atoms with Crippen molar-refractivity contribution in [2.45, 2.75) is 31.0 Å². The van der Waals surface area contributed by atoms with Crippen LogP contribution in [0, 0.1) is 0 Å². The van der Waals surface area contributed by atoms with E-state index >= 15 is 0 Å². The Labute approximate surface area is 154 Å². The van der Waals surface area contributed by atoms with Gasteiger partial charge >= 0.3 is 0 Å². The summed E-state index contributed by atoms with van der Waals surface area (Å²) in [7, 11) is 0. The molecule has 0 spiro atoms. The van der Waals surface area contributed by atoms with Crippen LogP contribution in [0.1, 0.15) is 31.4 Å². The highest BCUT2D eigenvalue weighted by Gasteiger charge is 2.16. The average Bonchev–Trinajstić information content (AvgIpc) is 3.32. The molecule has 0 aliphatic rings. The summed E-state index contributed by atoms with van der Waals surface area (Å²) < 4.78 is 5.59. The first kappa shape index (κ1) is 17.7. The third-order valence-corrected chi connectivity index (χ3v) is 5.26. The van der Waals surface area contributed by atoms with Gasteiger partial charge in [0.2, 0.25) is 5.91 Å². The van der Waals surface area contributed by atoms with Crippen LogP contribution in [0.25, 0.3) is 10.8 Å². The molecule has 0 saturated heterocycles. The molecule has 0 saturated carbocycles. The third kappa shape index (κ3) is 4.93. The minimum absolute atomic E-state index is 0.0312. The molecule has 0 aliphatic heterocycles. The van der Waals surface area contributed by atoms with Crippen molar-refractivity contribution < 1.29 is 9.21 Å². The zero-order chi connectivity index (χ0) is 17.5. The number of aromatic nitrogens is 2. The molecule has 1 N–H and O–H groups in total. The fraction of sp³-hybridized carbons (Fsp3) is 0.278. The number of benzene rings is 1. The summed E-state index contributed by atoms with van der Waals surface area (Å²) in [4.78, 5) is 13.2. The van der Waals surface area contributed by atoms with E-state index in [1.807, 2.05) is 47.8 Å². The van der Waals surface area contributed by atoms with E-state index in [0.717, 1.165) is 23.3 Å². The summed E-state index contributed by atoms with van der Waals surface area (Å²) >= 11 is 2.79. The molecule has 0 radical (unpaired) electrons. The SMILES string of the molecule is CCCC(NC(=O)CSc1nnc(-c2cccs2)o1)c1ccccc1. The smallest absolute Gasteiger partial charge is 0.277 e. The van der Waals surface area contributed by atoms with Crippen LogP contribution in [0.4, 0.5) is 0 Å². The summed E-state index contributed by atoms with van der Waals surface area (Å²) in [6.07, 6.45) is 1.91. The molecule has 7 heteroatoms. The number of nitrogens with one attached hydrogen (secondary N) is 1. The summed E-state index contributed by atoms with van der Waals surface area (Å²) in [6.45, 7) is 2.11. The molecular weight excluding hydrogens is 354 g/mol. The quantitative estimate of drug-likeness (QED) is 0.587. The standard InChI is InChI=1S/C18H19N3O2S2/c1-2-7-14(13-8-4-3-5-9-13)19-16(22)12-25-18-21-20-17(23-18)15-10-6-11-24-15/h3-6,8-11,14H,2,7,12H2,1H3,(H,19,22). The molecule has 0 aliphatic carbocycles. The first-order valence-corrected chi connectivity index (χ1v) is 9.97. The normalized spacial score (nSPS) is 12.0. The predicted octanol–water partition coefficient (Wildman–Crippen LogP) is 4.55. The molecule has 0 fully saturated rings. The Balaban J connectivity index is 1.55. The van der Waals surface area contributed by atoms with Gasteiger partial charge in [0.15, 0.2) is 0 Å². The highest BCUT2D eigenvalue weighted by molar-refractivity contribution is 7.99. The van der Waals surface area contributed by atoms with Crippen molar-refractivity contribution in [1.82, 2.24) is 15.5 Å². The molecule has 1 unspecified atom stereocenters. The van der Waals surface area contributed by atoms with Crippen LogP contribution in [-0.4, -0.2) is 21.9 Å². The van der Waals surface area contributed by atoms with E-state index in [1.54, 1.807) is 11.3 Å². The number of carbonyl (C=O) groups is 1. The van der Waals surface area contributed by atoms with Crippen LogP contribution < -0.4 is 5.32 Å². The highest BCUT2D eigenvalue weighted by Crippen LogP contribution is 2.26. The van der Waals surface area contributed by atoms with Crippen molar-refractivity contribution >= 4 is 29.0 Å². The van der Waals surface area contributed by atoms with Crippen molar-refractivity contribution in [2.75, 3.05) is 5.75 Å². The van der Waals surface area contributed by atoms with Crippen molar-refractivity contribution in [1.29, 1.82) is 0 Å². The number of carbonyl (C=O) groups excluding carboxylic acids is 1.